The summed E-state index contributed by atoms with van der Waals surface area (Å²) in [5.41, 5.74) is 2.61. The molecule has 0 saturated carbocycles. The highest BCUT2D eigenvalue weighted by Gasteiger charge is 2.40. The maximum Gasteiger partial charge on any atom is 0.326 e. The molecule has 210 valence electrons. The number of ether oxygens (including phenoxy) is 3. The number of methoxy groups -OCH3 is 1. The first-order valence-corrected chi connectivity index (χ1v) is 12.9. The van der Waals surface area contributed by atoms with Crippen molar-refractivity contribution in [3.05, 3.63) is 125 Å². The second-order valence-electron chi connectivity index (χ2n) is 9.52. The summed E-state index contributed by atoms with van der Waals surface area (Å²) in [5, 5.41) is 10.2. The lowest BCUT2D eigenvalue weighted by molar-refractivity contribution is -0.155. The third-order valence-electron chi connectivity index (χ3n) is 6.92. The van der Waals surface area contributed by atoms with Crippen LogP contribution in [-0.4, -0.2) is 35.0 Å². The van der Waals surface area contributed by atoms with Gasteiger partial charge in [-0.25, -0.2) is 13.6 Å². The quantitative estimate of drug-likeness (QED) is 0.283. The van der Waals surface area contributed by atoms with Crippen LogP contribution in [0.25, 0.3) is 0 Å². The number of carboxylic acids is 1. The van der Waals surface area contributed by atoms with E-state index in [0.29, 0.717) is 34.3 Å². The number of aliphatic carboxylic acids is 1. The molecule has 4 aromatic rings. The second kappa shape index (κ2) is 12.1. The van der Waals surface area contributed by atoms with Crippen LogP contribution in [-0.2, 0) is 29.2 Å². The van der Waals surface area contributed by atoms with E-state index in [2.05, 4.69) is 0 Å². The van der Waals surface area contributed by atoms with Crippen molar-refractivity contribution >= 4 is 11.9 Å². The predicted octanol–water partition coefficient (Wildman–Crippen LogP) is 5.71. The summed E-state index contributed by atoms with van der Waals surface area (Å²) in [7, 11) is 1.50. The standard InChI is InChI=1S/C32H27F2NO6/c1-39-28-14-12-22-18-35(26(32(37)38)17-24(22)30(28)40-19-20-8-4-2-5-9-20)31(36)29(21-10-6-3-7-11-21)41-27-15-13-23(33)16-25(27)34/h2-16,26,29H,17-19H2,1H3,(H,37,38)/t26-,29+/m0/s1. The molecule has 4 aromatic carbocycles. The van der Waals surface area contributed by atoms with Crippen molar-refractivity contribution in [1.29, 1.82) is 0 Å². The summed E-state index contributed by atoms with van der Waals surface area (Å²) >= 11 is 0. The summed E-state index contributed by atoms with van der Waals surface area (Å²) in [6.45, 7) is 0.177. The van der Waals surface area contributed by atoms with Crippen LogP contribution in [0, 0.1) is 11.6 Å². The Morgan fingerprint density at radius 3 is 2.29 bits per heavy atom. The van der Waals surface area contributed by atoms with Gasteiger partial charge < -0.3 is 24.2 Å². The highest BCUT2D eigenvalue weighted by molar-refractivity contribution is 5.88. The van der Waals surface area contributed by atoms with E-state index in [9.17, 15) is 23.5 Å². The van der Waals surface area contributed by atoms with E-state index in [1.807, 2.05) is 30.3 Å². The van der Waals surface area contributed by atoms with Crippen molar-refractivity contribution in [2.45, 2.75) is 31.7 Å². The average Bonchev–Trinajstić information content (AvgIpc) is 2.99. The number of carboxylic acid groups (broad SMARTS) is 1. The molecule has 1 aliphatic heterocycles. The van der Waals surface area contributed by atoms with E-state index in [1.165, 1.54) is 12.0 Å². The number of carbonyl (C=O) groups excluding carboxylic acids is 1. The maximum atomic E-state index is 14.5. The van der Waals surface area contributed by atoms with Crippen LogP contribution in [0.15, 0.2) is 91.0 Å². The Balaban J connectivity index is 1.50. The van der Waals surface area contributed by atoms with Crippen molar-refractivity contribution in [2.75, 3.05) is 7.11 Å². The van der Waals surface area contributed by atoms with E-state index in [0.717, 1.165) is 17.7 Å². The third kappa shape index (κ3) is 5.99. The van der Waals surface area contributed by atoms with Crippen LogP contribution in [0.4, 0.5) is 8.78 Å². The summed E-state index contributed by atoms with van der Waals surface area (Å²) in [6, 6.07) is 22.8. The van der Waals surface area contributed by atoms with E-state index in [4.69, 9.17) is 14.2 Å². The fourth-order valence-electron chi connectivity index (χ4n) is 4.85. The Kier molecular flexibility index (Phi) is 8.14. The van der Waals surface area contributed by atoms with Gasteiger partial charge in [-0.3, -0.25) is 4.79 Å². The van der Waals surface area contributed by atoms with Gasteiger partial charge >= 0.3 is 5.97 Å². The lowest BCUT2D eigenvalue weighted by Gasteiger charge is -2.37. The predicted molar refractivity (Wildman–Crippen MR) is 146 cm³/mol. The molecule has 0 unspecified atom stereocenters. The molecular weight excluding hydrogens is 532 g/mol. The van der Waals surface area contributed by atoms with Crippen LogP contribution >= 0.6 is 0 Å². The van der Waals surface area contributed by atoms with E-state index in [-0.39, 0.29) is 25.3 Å². The molecule has 2 atom stereocenters. The molecule has 5 rings (SSSR count). The number of halogens is 2. The number of nitrogens with zero attached hydrogens (tertiary/aromatic N) is 1. The number of fused-ring (bicyclic) bond motifs is 1. The largest absolute Gasteiger partial charge is 0.493 e. The van der Waals surface area contributed by atoms with Gasteiger partial charge in [-0.2, -0.15) is 0 Å². The summed E-state index contributed by atoms with van der Waals surface area (Å²) in [5.74, 6) is -3.15. The summed E-state index contributed by atoms with van der Waals surface area (Å²) in [6.07, 6.45) is -1.43. The zero-order valence-corrected chi connectivity index (χ0v) is 22.1. The van der Waals surface area contributed by atoms with Gasteiger partial charge in [-0.05, 0) is 29.3 Å². The summed E-state index contributed by atoms with van der Waals surface area (Å²) in [4.78, 5) is 27.7. The monoisotopic (exact) mass is 559 g/mol. The zero-order valence-electron chi connectivity index (χ0n) is 22.1. The van der Waals surface area contributed by atoms with Gasteiger partial charge in [-0.15, -0.1) is 0 Å². The molecule has 7 nitrogen and oxygen atoms in total. The minimum Gasteiger partial charge on any atom is -0.493 e. The Morgan fingerprint density at radius 1 is 0.951 bits per heavy atom. The van der Waals surface area contributed by atoms with Crippen molar-refractivity contribution in [3.8, 4) is 17.2 Å². The van der Waals surface area contributed by atoms with Crippen LogP contribution < -0.4 is 14.2 Å². The van der Waals surface area contributed by atoms with Crippen LogP contribution in [0.3, 0.4) is 0 Å². The van der Waals surface area contributed by atoms with Gasteiger partial charge in [0.2, 0.25) is 6.10 Å². The Bertz CT molecular complexity index is 1550. The zero-order chi connectivity index (χ0) is 28.9. The van der Waals surface area contributed by atoms with Gasteiger partial charge in [0.15, 0.2) is 23.1 Å². The lowest BCUT2D eigenvalue weighted by atomic mass is 9.91. The fraction of sp³-hybridized carbons (Fsp3) is 0.188. The number of amides is 1. The molecule has 1 N–H and O–H groups in total. The minimum absolute atomic E-state index is 0.0514. The number of hydrogen-bond donors (Lipinski definition) is 1. The Morgan fingerprint density at radius 2 is 1.63 bits per heavy atom. The van der Waals surface area contributed by atoms with E-state index in [1.54, 1.807) is 42.5 Å². The minimum atomic E-state index is -1.38. The fourth-order valence-corrected chi connectivity index (χ4v) is 4.85. The molecule has 0 aromatic heterocycles. The first-order valence-electron chi connectivity index (χ1n) is 12.9. The molecule has 0 radical (unpaired) electrons. The molecular formula is C32H27F2NO6. The maximum absolute atomic E-state index is 14.5. The molecule has 0 spiro atoms. The topological polar surface area (TPSA) is 85.3 Å². The smallest absolute Gasteiger partial charge is 0.326 e. The number of carbonyl (C=O) groups is 2. The highest BCUT2D eigenvalue weighted by Crippen LogP contribution is 2.40. The number of hydrogen-bond acceptors (Lipinski definition) is 5. The molecule has 1 heterocycles. The van der Waals surface area contributed by atoms with Gasteiger partial charge in [0.1, 0.15) is 18.5 Å². The normalized spacial score (nSPS) is 15.0. The van der Waals surface area contributed by atoms with Gasteiger partial charge in [0, 0.05) is 30.2 Å². The van der Waals surface area contributed by atoms with Gasteiger partial charge in [0.25, 0.3) is 5.91 Å². The highest BCUT2D eigenvalue weighted by atomic mass is 19.1. The molecule has 0 saturated heterocycles. The van der Waals surface area contributed by atoms with Crippen LogP contribution in [0.2, 0.25) is 0 Å². The van der Waals surface area contributed by atoms with Crippen molar-refractivity contribution in [1.82, 2.24) is 4.90 Å². The Hall–Kier alpha value is -4.92. The van der Waals surface area contributed by atoms with Crippen molar-refractivity contribution in [2.24, 2.45) is 0 Å². The first-order chi connectivity index (χ1) is 19.9. The molecule has 0 aliphatic carbocycles. The van der Waals surface area contributed by atoms with Gasteiger partial charge in [-0.1, -0.05) is 66.7 Å². The van der Waals surface area contributed by atoms with Crippen molar-refractivity contribution in [3.63, 3.8) is 0 Å². The number of rotatable bonds is 9. The number of benzene rings is 4. The third-order valence-corrected chi connectivity index (χ3v) is 6.92. The molecule has 9 heteroatoms. The molecule has 41 heavy (non-hydrogen) atoms. The molecule has 1 aliphatic rings. The van der Waals surface area contributed by atoms with E-state index < -0.39 is 35.7 Å². The second-order valence-corrected chi connectivity index (χ2v) is 9.52. The lowest BCUT2D eigenvalue weighted by Crippen LogP contribution is -2.51. The van der Waals surface area contributed by atoms with Gasteiger partial charge in [0.05, 0.1) is 7.11 Å². The molecule has 0 bridgehead atoms. The first kappa shape index (κ1) is 27.6. The van der Waals surface area contributed by atoms with E-state index >= 15 is 0 Å². The van der Waals surface area contributed by atoms with Crippen LogP contribution in [0.1, 0.15) is 28.4 Å². The average molecular weight is 560 g/mol. The molecule has 0 fully saturated rings. The summed E-state index contributed by atoms with van der Waals surface area (Å²) < 4.78 is 45.5. The van der Waals surface area contributed by atoms with Crippen LogP contribution in [0.5, 0.6) is 17.2 Å². The Labute approximate surface area is 235 Å². The SMILES string of the molecule is COc1ccc2c(c1OCc1ccccc1)C[C@@H](C(=O)O)N(C(=O)[C@H](Oc1ccc(F)cc1F)c1ccccc1)C2. The molecule has 1 amide bonds. The van der Waals surface area contributed by atoms with Crippen molar-refractivity contribution < 1.29 is 37.7 Å².